The van der Waals surface area contributed by atoms with Gasteiger partial charge in [-0.15, -0.1) is 0 Å². The molecule has 1 aliphatic rings. The van der Waals surface area contributed by atoms with Crippen LogP contribution in [0.1, 0.15) is 13.8 Å². The summed E-state index contributed by atoms with van der Waals surface area (Å²) in [5, 5.41) is 0. The van der Waals surface area contributed by atoms with Crippen molar-refractivity contribution < 1.29 is 9.53 Å². The Kier molecular flexibility index (Phi) is 2.52. The minimum Gasteiger partial charge on any atom is -0.463 e. The molecule has 11 heavy (non-hydrogen) atoms. The molecule has 0 aromatic rings. The Morgan fingerprint density at radius 1 is 1.64 bits per heavy atom. The molecule has 0 saturated carbocycles. The third-order valence-electron chi connectivity index (χ3n) is 1.46. The molecule has 0 amide bonds. The molecule has 62 valence electrons. The van der Waals surface area contributed by atoms with E-state index in [2.05, 4.69) is 4.90 Å². The van der Waals surface area contributed by atoms with E-state index in [1.807, 2.05) is 13.1 Å². The summed E-state index contributed by atoms with van der Waals surface area (Å²) in [6.45, 7) is 6.16. The largest absolute Gasteiger partial charge is 0.463 e. The lowest BCUT2D eigenvalue weighted by molar-refractivity contribution is -0.138. The van der Waals surface area contributed by atoms with Crippen LogP contribution in [-0.4, -0.2) is 30.6 Å². The van der Waals surface area contributed by atoms with Crippen LogP contribution in [0.15, 0.2) is 11.8 Å². The van der Waals surface area contributed by atoms with Gasteiger partial charge in [0.2, 0.25) is 0 Å². The number of nitrogens with zero attached hydrogens (tertiary/aromatic N) is 1. The Labute approximate surface area is 66.6 Å². The molecule has 0 aromatic heterocycles. The van der Waals surface area contributed by atoms with Crippen molar-refractivity contribution in [2.75, 3.05) is 19.7 Å². The quantitative estimate of drug-likeness (QED) is 0.342. The SMILES string of the molecule is CCOC(=O)/C(C)=C/N1CC1. The molecule has 0 spiro atoms. The fourth-order valence-corrected chi connectivity index (χ4v) is 0.758. The van der Waals surface area contributed by atoms with E-state index in [9.17, 15) is 4.79 Å². The Morgan fingerprint density at radius 2 is 2.27 bits per heavy atom. The first-order valence-electron chi connectivity index (χ1n) is 3.83. The molecule has 1 saturated heterocycles. The molecular weight excluding hydrogens is 142 g/mol. The molecule has 1 fully saturated rings. The predicted molar refractivity (Wildman–Crippen MR) is 42.0 cm³/mol. The van der Waals surface area contributed by atoms with Crippen LogP contribution < -0.4 is 0 Å². The number of hydrogen-bond donors (Lipinski definition) is 0. The topological polar surface area (TPSA) is 29.3 Å². The maximum Gasteiger partial charge on any atom is 0.335 e. The van der Waals surface area contributed by atoms with Crippen molar-refractivity contribution in [1.29, 1.82) is 0 Å². The molecular formula is C8H13NO2. The van der Waals surface area contributed by atoms with Gasteiger partial charge in [0.05, 0.1) is 6.61 Å². The second kappa shape index (κ2) is 3.42. The minimum atomic E-state index is -0.209. The fourth-order valence-electron chi connectivity index (χ4n) is 0.758. The summed E-state index contributed by atoms with van der Waals surface area (Å²) in [6, 6.07) is 0. The Morgan fingerprint density at radius 3 is 2.73 bits per heavy atom. The van der Waals surface area contributed by atoms with Crippen LogP contribution in [0.4, 0.5) is 0 Å². The molecule has 1 heterocycles. The van der Waals surface area contributed by atoms with Crippen LogP contribution in [0.2, 0.25) is 0 Å². The van der Waals surface area contributed by atoms with Crippen LogP contribution >= 0.6 is 0 Å². The zero-order valence-corrected chi connectivity index (χ0v) is 6.96. The first-order chi connectivity index (χ1) is 5.24. The summed E-state index contributed by atoms with van der Waals surface area (Å²) < 4.78 is 4.80. The van der Waals surface area contributed by atoms with Crippen molar-refractivity contribution in [3.05, 3.63) is 11.8 Å². The standard InChI is InChI=1S/C8H13NO2/c1-3-11-8(10)7(2)6-9-4-5-9/h6H,3-5H2,1-2H3/b7-6+. The number of carbonyl (C=O) groups excluding carboxylic acids is 1. The highest BCUT2D eigenvalue weighted by atomic mass is 16.5. The van der Waals surface area contributed by atoms with Crippen LogP contribution in [-0.2, 0) is 9.53 Å². The van der Waals surface area contributed by atoms with Gasteiger partial charge < -0.3 is 9.64 Å². The number of hydrogen-bond acceptors (Lipinski definition) is 3. The fraction of sp³-hybridized carbons (Fsp3) is 0.625. The van der Waals surface area contributed by atoms with Gasteiger partial charge in [-0.1, -0.05) is 0 Å². The van der Waals surface area contributed by atoms with Gasteiger partial charge >= 0.3 is 5.97 Å². The van der Waals surface area contributed by atoms with E-state index >= 15 is 0 Å². The zero-order chi connectivity index (χ0) is 8.27. The molecule has 0 aliphatic carbocycles. The smallest absolute Gasteiger partial charge is 0.335 e. The number of esters is 1. The Balaban J connectivity index is 2.37. The van der Waals surface area contributed by atoms with E-state index in [-0.39, 0.29) is 5.97 Å². The highest BCUT2D eigenvalue weighted by Crippen LogP contribution is 2.08. The van der Waals surface area contributed by atoms with Gasteiger partial charge in [0, 0.05) is 24.9 Å². The Bertz CT molecular complexity index is 183. The molecule has 3 nitrogen and oxygen atoms in total. The van der Waals surface area contributed by atoms with Crippen LogP contribution in [0.5, 0.6) is 0 Å². The van der Waals surface area contributed by atoms with Gasteiger partial charge in [-0.3, -0.25) is 0 Å². The van der Waals surface area contributed by atoms with Crippen molar-refractivity contribution in [3.8, 4) is 0 Å². The summed E-state index contributed by atoms with van der Waals surface area (Å²) in [5.74, 6) is -0.209. The van der Waals surface area contributed by atoms with Crippen molar-refractivity contribution in [3.63, 3.8) is 0 Å². The van der Waals surface area contributed by atoms with Crippen molar-refractivity contribution in [2.45, 2.75) is 13.8 Å². The molecule has 0 radical (unpaired) electrons. The highest BCUT2D eigenvalue weighted by Gasteiger charge is 2.14. The molecule has 0 bridgehead atoms. The molecule has 3 heteroatoms. The Hall–Kier alpha value is -0.990. The van der Waals surface area contributed by atoms with Crippen LogP contribution in [0.3, 0.4) is 0 Å². The third-order valence-corrected chi connectivity index (χ3v) is 1.46. The second-order valence-corrected chi connectivity index (χ2v) is 2.57. The van der Waals surface area contributed by atoms with Crippen LogP contribution in [0, 0.1) is 0 Å². The van der Waals surface area contributed by atoms with Crippen molar-refractivity contribution in [2.24, 2.45) is 0 Å². The first kappa shape index (κ1) is 8.11. The summed E-state index contributed by atoms with van der Waals surface area (Å²) >= 11 is 0. The number of rotatable bonds is 3. The van der Waals surface area contributed by atoms with E-state index in [0.29, 0.717) is 12.2 Å². The average Bonchev–Trinajstić information content (AvgIpc) is 2.72. The summed E-state index contributed by atoms with van der Waals surface area (Å²) in [5.41, 5.74) is 0.685. The lowest BCUT2D eigenvalue weighted by Gasteiger charge is -2.00. The van der Waals surface area contributed by atoms with Crippen LogP contribution in [0.25, 0.3) is 0 Å². The maximum absolute atomic E-state index is 11.0. The van der Waals surface area contributed by atoms with E-state index in [4.69, 9.17) is 4.74 Å². The summed E-state index contributed by atoms with van der Waals surface area (Å²) in [7, 11) is 0. The number of carbonyl (C=O) groups is 1. The van der Waals surface area contributed by atoms with E-state index in [1.165, 1.54) is 0 Å². The van der Waals surface area contributed by atoms with Gasteiger partial charge in [-0.05, 0) is 13.8 Å². The lowest BCUT2D eigenvalue weighted by atomic mass is 10.3. The second-order valence-electron chi connectivity index (χ2n) is 2.57. The average molecular weight is 155 g/mol. The van der Waals surface area contributed by atoms with Gasteiger partial charge in [0.15, 0.2) is 0 Å². The zero-order valence-electron chi connectivity index (χ0n) is 6.96. The summed E-state index contributed by atoms with van der Waals surface area (Å²) in [6.07, 6.45) is 1.85. The molecule has 0 aromatic carbocycles. The van der Waals surface area contributed by atoms with E-state index in [0.717, 1.165) is 13.1 Å². The third kappa shape index (κ3) is 2.62. The monoisotopic (exact) mass is 155 g/mol. The van der Waals surface area contributed by atoms with Gasteiger partial charge in [0.25, 0.3) is 0 Å². The summed E-state index contributed by atoms with van der Waals surface area (Å²) in [4.78, 5) is 13.1. The van der Waals surface area contributed by atoms with Crippen molar-refractivity contribution >= 4 is 5.97 Å². The van der Waals surface area contributed by atoms with Gasteiger partial charge in [0.1, 0.15) is 0 Å². The first-order valence-corrected chi connectivity index (χ1v) is 3.83. The lowest BCUT2D eigenvalue weighted by Crippen LogP contribution is -2.06. The van der Waals surface area contributed by atoms with Crippen molar-refractivity contribution in [1.82, 2.24) is 4.90 Å². The molecule has 0 atom stereocenters. The molecule has 0 N–H and O–H groups in total. The predicted octanol–water partition coefficient (Wildman–Crippen LogP) is 0.769. The van der Waals surface area contributed by atoms with E-state index in [1.54, 1.807) is 6.92 Å². The van der Waals surface area contributed by atoms with Gasteiger partial charge in [-0.25, -0.2) is 4.79 Å². The normalized spacial score (nSPS) is 16.5. The van der Waals surface area contributed by atoms with E-state index < -0.39 is 0 Å². The molecule has 1 rings (SSSR count). The highest BCUT2D eigenvalue weighted by molar-refractivity contribution is 5.87. The minimum absolute atomic E-state index is 0.209. The molecule has 1 aliphatic heterocycles. The van der Waals surface area contributed by atoms with Gasteiger partial charge in [-0.2, -0.15) is 0 Å². The number of ether oxygens (including phenoxy) is 1. The molecule has 0 unspecified atom stereocenters. The maximum atomic E-state index is 11.0.